The van der Waals surface area contributed by atoms with Crippen molar-refractivity contribution in [3.8, 4) is 0 Å². The maximum absolute atomic E-state index is 12.9. The molecule has 1 fully saturated rings. The van der Waals surface area contributed by atoms with Crippen molar-refractivity contribution in [2.45, 2.75) is 64.4 Å². The number of amides is 1. The van der Waals surface area contributed by atoms with Gasteiger partial charge in [0.15, 0.2) is 0 Å². The smallest absolute Gasteiger partial charge is 0.407 e. The summed E-state index contributed by atoms with van der Waals surface area (Å²) < 4.78 is 32.6. The number of carbonyl (C=O) groups is 1. The van der Waals surface area contributed by atoms with E-state index in [1.807, 2.05) is 31.2 Å². The number of rotatable bonds is 5. The number of hydrogen-bond acceptors (Lipinski definition) is 4. The van der Waals surface area contributed by atoms with Crippen LogP contribution in [-0.4, -0.2) is 43.5 Å². The van der Waals surface area contributed by atoms with E-state index in [9.17, 15) is 13.2 Å². The third-order valence-electron chi connectivity index (χ3n) is 4.28. The van der Waals surface area contributed by atoms with Crippen LogP contribution in [0.3, 0.4) is 0 Å². The van der Waals surface area contributed by atoms with Gasteiger partial charge in [-0.1, -0.05) is 36.2 Å². The molecular formula is C19H30N2O4S. The van der Waals surface area contributed by atoms with Crippen molar-refractivity contribution in [1.82, 2.24) is 9.62 Å². The van der Waals surface area contributed by atoms with Crippen LogP contribution in [0.25, 0.3) is 0 Å². The molecule has 0 aromatic heterocycles. The predicted molar refractivity (Wildman–Crippen MR) is 102 cm³/mol. The van der Waals surface area contributed by atoms with Gasteiger partial charge >= 0.3 is 6.09 Å². The Morgan fingerprint density at radius 2 is 1.88 bits per heavy atom. The van der Waals surface area contributed by atoms with Gasteiger partial charge in [0.1, 0.15) is 5.60 Å². The normalized spacial score (nSPS) is 19.2. The van der Waals surface area contributed by atoms with Crippen LogP contribution in [0.4, 0.5) is 4.79 Å². The summed E-state index contributed by atoms with van der Waals surface area (Å²) in [6.07, 6.45) is 2.02. The molecule has 0 saturated carbocycles. The average molecular weight is 383 g/mol. The number of hydrogen-bond donors (Lipinski definition) is 1. The Morgan fingerprint density at radius 1 is 1.23 bits per heavy atom. The van der Waals surface area contributed by atoms with Crippen molar-refractivity contribution in [2.75, 3.05) is 13.1 Å². The van der Waals surface area contributed by atoms with E-state index in [0.717, 1.165) is 30.4 Å². The molecule has 1 N–H and O–H groups in total. The van der Waals surface area contributed by atoms with Crippen LogP contribution >= 0.6 is 0 Å². The molecule has 0 aliphatic carbocycles. The molecule has 1 aromatic rings. The Bertz CT molecular complexity index is 708. The molecule has 1 amide bonds. The van der Waals surface area contributed by atoms with Crippen LogP contribution in [0.1, 0.15) is 51.2 Å². The van der Waals surface area contributed by atoms with E-state index < -0.39 is 21.7 Å². The van der Waals surface area contributed by atoms with Gasteiger partial charge in [0, 0.05) is 19.1 Å². The molecule has 26 heavy (non-hydrogen) atoms. The lowest BCUT2D eigenvalue weighted by molar-refractivity contribution is 0.0512. The van der Waals surface area contributed by atoms with Crippen LogP contribution in [-0.2, 0) is 20.5 Å². The zero-order valence-electron chi connectivity index (χ0n) is 16.1. The maximum Gasteiger partial charge on any atom is 0.407 e. The van der Waals surface area contributed by atoms with Crippen molar-refractivity contribution in [3.63, 3.8) is 0 Å². The maximum atomic E-state index is 12.9. The van der Waals surface area contributed by atoms with Crippen molar-refractivity contribution < 1.29 is 17.9 Å². The first-order valence-corrected chi connectivity index (χ1v) is 10.7. The molecule has 1 aliphatic heterocycles. The van der Waals surface area contributed by atoms with Gasteiger partial charge in [-0.05, 0) is 46.1 Å². The highest BCUT2D eigenvalue weighted by atomic mass is 32.2. The lowest BCUT2D eigenvalue weighted by atomic mass is 10.1. The Hall–Kier alpha value is -1.60. The number of benzene rings is 1. The molecule has 0 unspecified atom stereocenters. The molecule has 7 heteroatoms. The van der Waals surface area contributed by atoms with E-state index in [4.69, 9.17) is 4.74 Å². The molecule has 1 atom stereocenters. The standard InChI is InChI=1S/C19H30N2O4S/c1-15-8-10-16(11-9-15)14-26(23,24)21-12-6-5-7-17(21)13-20-18(22)25-19(2,3)4/h8-11,17H,5-7,12-14H2,1-4H3,(H,20,22)/t17-/m1/s1. The monoisotopic (exact) mass is 382 g/mol. The minimum absolute atomic E-state index is 0.0176. The molecule has 0 bridgehead atoms. The van der Waals surface area contributed by atoms with Crippen molar-refractivity contribution in [2.24, 2.45) is 0 Å². The molecule has 1 aromatic carbocycles. The number of piperidine rings is 1. The van der Waals surface area contributed by atoms with Crippen molar-refractivity contribution in [1.29, 1.82) is 0 Å². The minimum Gasteiger partial charge on any atom is -0.444 e. The lowest BCUT2D eigenvalue weighted by Gasteiger charge is -2.35. The number of alkyl carbamates (subject to hydrolysis) is 1. The van der Waals surface area contributed by atoms with Gasteiger partial charge in [-0.15, -0.1) is 0 Å². The number of aryl methyl sites for hydroxylation is 1. The van der Waals surface area contributed by atoms with Crippen molar-refractivity contribution >= 4 is 16.1 Å². The van der Waals surface area contributed by atoms with Crippen LogP contribution in [0.2, 0.25) is 0 Å². The van der Waals surface area contributed by atoms with Gasteiger partial charge in [0.2, 0.25) is 10.0 Å². The highest BCUT2D eigenvalue weighted by Crippen LogP contribution is 2.23. The highest BCUT2D eigenvalue weighted by molar-refractivity contribution is 7.88. The molecule has 1 saturated heterocycles. The summed E-state index contributed by atoms with van der Waals surface area (Å²) in [5, 5.41) is 2.72. The molecule has 1 heterocycles. The zero-order valence-corrected chi connectivity index (χ0v) is 16.9. The minimum atomic E-state index is -3.44. The predicted octanol–water partition coefficient (Wildman–Crippen LogP) is 3.20. The number of nitrogens with zero attached hydrogens (tertiary/aromatic N) is 1. The van der Waals surface area contributed by atoms with E-state index in [0.29, 0.717) is 6.54 Å². The zero-order chi connectivity index (χ0) is 19.4. The van der Waals surface area contributed by atoms with Gasteiger partial charge in [-0.2, -0.15) is 4.31 Å². The molecule has 0 radical (unpaired) electrons. The van der Waals surface area contributed by atoms with Crippen LogP contribution in [0.5, 0.6) is 0 Å². The van der Waals surface area contributed by atoms with Gasteiger partial charge in [0.05, 0.1) is 5.75 Å². The number of nitrogens with one attached hydrogen (secondary N) is 1. The summed E-state index contributed by atoms with van der Waals surface area (Å²) in [4.78, 5) is 11.9. The van der Waals surface area contributed by atoms with E-state index in [-0.39, 0.29) is 18.3 Å². The fraction of sp³-hybridized carbons (Fsp3) is 0.632. The highest BCUT2D eigenvalue weighted by Gasteiger charge is 2.32. The summed E-state index contributed by atoms with van der Waals surface area (Å²) in [5.41, 5.74) is 1.30. The summed E-state index contributed by atoms with van der Waals surface area (Å²) in [5.74, 6) is -0.0176. The summed E-state index contributed by atoms with van der Waals surface area (Å²) in [6.45, 7) is 8.13. The third-order valence-corrected chi connectivity index (χ3v) is 6.17. The second-order valence-corrected chi connectivity index (χ2v) is 9.81. The first kappa shape index (κ1) is 20.7. The molecule has 0 spiro atoms. The first-order valence-electron chi connectivity index (χ1n) is 9.09. The van der Waals surface area contributed by atoms with Crippen molar-refractivity contribution in [3.05, 3.63) is 35.4 Å². The largest absolute Gasteiger partial charge is 0.444 e. The second kappa shape index (κ2) is 8.39. The first-order chi connectivity index (χ1) is 12.1. The topological polar surface area (TPSA) is 75.7 Å². The van der Waals surface area contributed by atoms with Crippen LogP contribution < -0.4 is 5.32 Å². The summed E-state index contributed by atoms with van der Waals surface area (Å²) in [7, 11) is -3.44. The summed E-state index contributed by atoms with van der Waals surface area (Å²) in [6, 6.07) is 7.31. The van der Waals surface area contributed by atoms with Gasteiger partial charge in [-0.25, -0.2) is 13.2 Å². The van der Waals surface area contributed by atoms with Crippen LogP contribution in [0, 0.1) is 6.92 Å². The summed E-state index contributed by atoms with van der Waals surface area (Å²) >= 11 is 0. The number of sulfonamides is 1. The van der Waals surface area contributed by atoms with Gasteiger partial charge in [-0.3, -0.25) is 0 Å². The second-order valence-electron chi connectivity index (χ2n) is 7.88. The number of ether oxygens (including phenoxy) is 1. The molecule has 6 nitrogen and oxygen atoms in total. The molecule has 1 aliphatic rings. The Labute approximate surface area is 157 Å². The van der Waals surface area contributed by atoms with E-state index in [1.165, 1.54) is 0 Å². The fourth-order valence-electron chi connectivity index (χ4n) is 3.04. The van der Waals surface area contributed by atoms with Gasteiger partial charge < -0.3 is 10.1 Å². The lowest BCUT2D eigenvalue weighted by Crippen LogP contribution is -2.50. The third kappa shape index (κ3) is 6.29. The molecule has 146 valence electrons. The Balaban J connectivity index is 2.02. The van der Waals surface area contributed by atoms with Crippen LogP contribution in [0.15, 0.2) is 24.3 Å². The van der Waals surface area contributed by atoms with E-state index >= 15 is 0 Å². The van der Waals surface area contributed by atoms with Gasteiger partial charge in [0.25, 0.3) is 0 Å². The van der Waals surface area contributed by atoms with E-state index in [1.54, 1.807) is 25.1 Å². The number of carbonyl (C=O) groups excluding carboxylic acids is 1. The average Bonchev–Trinajstić information content (AvgIpc) is 2.53. The SMILES string of the molecule is Cc1ccc(CS(=O)(=O)N2CCCC[C@@H]2CNC(=O)OC(C)(C)C)cc1. The Kier molecular flexibility index (Phi) is 6.69. The molecule has 2 rings (SSSR count). The Morgan fingerprint density at radius 3 is 2.50 bits per heavy atom. The molecular weight excluding hydrogens is 352 g/mol. The fourth-order valence-corrected chi connectivity index (χ4v) is 4.86. The van der Waals surface area contributed by atoms with E-state index in [2.05, 4.69) is 5.32 Å². The quantitative estimate of drug-likeness (QED) is 0.848.